The number of hydrogen-bond acceptors (Lipinski definition) is 1. The van der Waals surface area contributed by atoms with E-state index >= 15 is 0 Å². The molecule has 0 N–H and O–H groups in total. The molecule has 1 fully saturated rings. The Balaban J connectivity index is 2.07. The lowest BCUT2D eigenvalue weighted by atomic mass is 10.1. The fraction of sp³-hybridized carbons (Fsp3) is 0.833. The van der Waals surface area contributed by atoms with Gasteiger partial charge in [-0.3, -0.25) is 4.79 Å². The van der Waals surface area contributed by atoms with Gasteiger partial charge in [0.2, 0.25) is 5.91 Å². The quantitative estimate of drug-likeness (QED) is 0.619. The van der Waals surface area contributed by atoms with E-state index in [-0.39, 0.29) is 0 Å². The fourth-order valence-corrected chi connectivity index (χ4v) is 1.93. The molecule has 0 saturated carbocycles. The minimum atomic E-state index is 0.369. The Kier molecular flexibility index (Phi) is 5.65. The lowest BCUT2D eigenvalue weighted by Crippen LogP contribution is -2.35. The maximum Gasteiger partial charge on any atom is 0.222 e. The average Bonchev–Trinajstić information content (AvgIpc) is 2.25. The molecule has 1 rings (SSSR count). The molecule has 14 heavy (non-hydrogen) atoms. The lowest BCUT2D eigenvalue weighted by molar-refractivity contribution is -0.132. The third-order valence-electron chi connectivity index (χ3n) is 2.85. The topological polar surface area (TPSA) is 20.3 Å². The van der Waals surface area contributed by atoms with Gasteiger partial charge in [-0.1, -0.05) is 26.2 Å². The second kappa shape index (κ2) is 6.86. The summed E-state index contributed by atoms with van der Waals surface area (Å²) in [6.07, 6.45) is 8.81. The van der Waals surface area contributed by atoms with E-state index in [1.165, 1.54) is 19.3 Å². The Morgan fingerprint density at radius 3 is 2.43 bits per heavy atom. The van der Waals surface area contributed by atoms with Crippen LogP contribution in [0, 0.1) is 6.92 Å². The van der Waals surface area contributed by atoms with E-state index in [0.717, 1.165) is 45.2 Å². The van der Waals surface area contributed by atoms with E-state index in [1.54, 1.807) is 0 Å². The number of carbonyl (C=O) groups excluding carboxylic acids is 1. The van der Waals surface area contributed by atoms with Crippen molar-refractivity contribution in [1.29, 1.82) is 0 Å². The molecule has 0 bridgehead atoms. The number of hydrogen-bond donors (Lipinski definition) is 0. The van der Waals surface area contributed by atoms with Crippen LogP contribution in [0.1, 0.15) is 51.4 Å². The van der Waals surface area contributed by atoms with Crippen LogP contribution in [0.4, 0.5) is 0 Å². The molecule has 0 aromatic rings. The SMILES string of the molecule is [CH2]CCCCCC(=O)N1CCCCC1. The van der Waals surface area contributed by atoms with E-state index in [1.807, 2.05) is 4.90 Å². The van der Waals surface area contributed by atoms with E-state index < -0.39 is 0 Å². The Morgan fingerprint density at radius 2 is 1.79 bits per heavy atom. The molecule has 0 unspecified atom stereocenters. The number of nitrogens with zero attached hydrogens (tertiary/aromatic N) is 1. The molecule has 1 heterocycles. The zero-order valence-corrected chi connectivity index (χ0v) is 9.13. The number of carbonyl (C=O) groups is 1. The molecule has 1 radical (unpaired) electrons. The van der Waals surface area contributed by atoms with E-state index in [0.29, 0.717) is 5.91 Å². The van der Waals surface area contributed by atoms with Crippen molar-refractivity contribution in [3.05, 3.63) is 6.92 Å². The van der Waals surface area contributed by atoms with Crippen LogP contribution in [0.25, 0.3) is 0 Å². The number of piperidine rings is 1. The predicted molar refractivity (Wildman–Crippen MR) is 58.9 cm³/mol. The van der Waals surface area contributed by atoms with Crippen molar-refractivity contribution >= 4 is 5.91 Å². The van der Waals surface area contributed by atoms with Crippen molar-refractivity contribution in [3.63, 3.8) is 0 Å². The van der Waals surface area contributed by atoms with Crippen LogP contribution in [0.5, 0.6) is 0 Å². The molecule has 1 saturated heterocycles. The standard InChI is InChI=1S/C12H22NO/c1-2-3-4-6-9-12(14)13-10-7-5-8-11-13/h1-11H2. The molecule has 0 atom stereocenters. The summed E-state index contributed by atoms with van der Waals surface area (Å²) in [5.74, 6) is 0.369. The van der Waals surface area contributed by atoms with Gasteiger partial charge in [0.15, 0.2) is 0 Å². The second-order valence-corrected chi connectivity index (χ2v) is 4.11. The normalized spacial score (nSPS) is 17.1. The average molecular weight is 196 g/mol. The van der Waals surface area contributed by atoms with Crippen molar-refractivity contribution in [2.45, 2.75) is 51.4 Å². The summed E-state index contributed by atoms with van der Waals surface area (Å²) in [6, 6.07) is 0. The number of likely N-dealkylation sites (tertiary alicyclic amines) is 1. The van der Waals surface area contributed by atoms with Crippen LogP contribution in [-0.4, -0.2) is 23.9 Å². The summed E-state index contributed by atoms with van der Waals surface area (Å²) in [6.45, 7) is 5.79. The summed E-state index contributed by atoms with van der Waals surface area (Å²) in [4.78, 5) is 13.7. The van der Waals surface area contributed by atoms with Gasteiger partial charge in [-0.05, 0) is 25.7 Å². The van der Waals surface area contributed by atoms with Crippen LogP contribution in [0.15, 0.2) is 0 Å². The van der Waals surface area contributed by atoms with Gasteiger partial charge in [-0.25, -0.2) is 0 Å². The first-order chi connectivity index (χ1) is 6.84. The first kappa shape index (κ1) is 11.5. The molecule has 2 nitrogen and oxygen atoms in total. The van der Waals surface area contributed by atoms with Gasteiger partial charge in [-0.2, -0.15) is 0 Å². The molecule has 1 aliphatic heterocycles. The highest BCUT2D eigenvalue weighted by molar-refractivity contribution is 5.76. The zero-order valence-electron chi connectivity index (χ0n) is 9.13. The smallest absolute Gasteiger partial charge is 0.222 e. The highest BCUT2D eigenvalue weighted by Crippen LogP contribution is 2.11. The molecule has 0 aromatic carbocycles. The molecule has 0 spiro atoms. The molecule has 1 aliphatic rings. The van der Waals surface area contributed by atoms with Crippen LogP contribution >= 0.6 is 0 Å². The molecule has 0 aliphatic carbocycles. The number of rotatable bonds is 5. The van der Waals surface area contributed by atoms with Gasteiger partial charge in [0.1, 0.15) is 0 Å². The van der Waals surface area contributed by atoms with Crippen LogP contribution < -0.4 is 0 Å². The second-order valence-electron chi connectivity index (χ2n) is 4.11. The minimum absolute atomic E-state index is 0.369. The van der Waals surface area contributed by atoms with Gasteiger partial charge in [-0.15, -0.1) is 0 Å². The van der Waals surface area contributed by atoms with Crippen molar-refractivity contribution in [3.8, 4) is 0 Å². The highest BCUT2D eigenvalue weighted by atomic mass is 16.2. The summed E-state index contributed by atoms with van der Waals surface area (Å²) >= 11 is 0. The number of amides is 1. The number of unbranched alkanes of at least 4 members (excludes halogenated alkanes) is 3. The third-order valence-corrected chi connectivity index (χ3v) is 2.85. The van der Waals surface area contributed by atoms with Gasteiger partial charge in [0.05, 0.1) is 0 Å². The zero-order chi connectivity index (χ0) is 10.2. The Bertz CT molecular complexity index is 162. The molecular formula is C12H22NO. The van der Waals surface area contributed by atoms with Gasteiger partial charge >= 0.3 is 0 Å². The monoisotopic (exact) mass is 196 g/mol. The van der Waals surface area contributed by atoms with Crippen LogP contribution in [0.2, 0.25) is 0 Å². The molecular weight excluding hydrogens is 174 g/mol. The minimum Gasteiger partial charge on any atom is -0.343 e. The van der Waals surface area contributed by atoms with Gasteiger partial charge in [0, 0.05) is 19.5 Å². The summed E-state index contributed by atoms with van der Waals surface area (Å²) in [5, 5.41) is 0. The van der Waals surface area contributed by atoms with Crippen LogP contribution in [-0.2, 0) is 4.79 Å². The molecule has 81 valence electrons. The largest absolute Gasteiger partial charge is 0.343 e. The van der Waals surface area contributed by atoms with Crippen molar-refractivity contribution in [2.24, 2.45) is 0 Å². The van der Waals surface area contributed by atoms with Crippen LogP contribution in [0.3, 0.4) is 0 Å². The van der Waals surface area contributed by atoms with Crippen molar-refractivity contribution in [1.82, 2.24) is 4.90 Å². The Labute approximate surface area is 87.7 Å². The first-order valence-corrected chi connectivity index (χ1v) is 5.91. The maximum atomic E-state index is 11.7. The van der Waals surface area contributed by atoms with E-state index in [9.17, 15) is 4.79 Å². The van der Waals surface area contributed by atoms with E-state index in [4.69, 9.17) is 0 Å². The first-order valence-electron chi connectivity index (χ1n) is 5.91. The summed E-state index contributed by atoms with van der Waals surface area (Å²) in [7, 11) is 0. The van der Waals surface area contributed by atoms with E-state index in [2.05, 4.69) is 6.92 Å². The molecule has 2 heteroatoms. The lowest BCUT2D eigenvalue weighted by Gasteiger charge is -2.26. The highest BCUT2D eigenvalue weighted by Gasteiger charge is 2.15. The third kappa shape index (κ3) is 4.12. The van der Waals surface area contributed by atoms with Gasteiger partial charge < -0.3 is 4.90 Å². The van der Waals surface area contributed by atoms with Crippen molar-refractivity contribution < 1.29 is 4.79 Å². The van der Waals surface area contributed by atoms with Crippen molar-refractivity contribution in [2.75, 3.05) is 13.1 Å². The van der Waals surface area contributed by atoms with Gasteiger partial charge in [0.25, 0.3) is 0 Å². The summed E-state index contributed by atoms with van der Waals surface area (Å²) < 4.78 is 0. The fourth-order valence-electron chi connectivity index (χ4n) is 1.93. The predicted octanol–water partition coefficient (Wildman–Crippen LogP) is 2.78. The summed E-state index contributed by atoms with van der Waals surface area (Å²) in [5.41, 5.74) is 0. The Hall–Kier alpha value is -0.530. The maximum absolute atomic E-state index is 11.7. The molecule has 0 aromatic heterocycles. The molecule has 1 amide bonds. The Morgan fingerprint density at radius 1 is 1.07 bits per heavy atom.